The van der Waals surface area contributed by atoms with Crippen LogP contribution in [0, 0.1) is 11.7 Å². The lowest BCUT2D eigenvalue weighted by Crippen LogP contribution is -2.34. The smallest absolute Gasteiger partial charge is 0.227 e. The number of rotatable bonds is 7. The lowest BCUT2D eigenvalue weighted by atomic mass is 9.87. The number of carbonyl (C=O) groups is 2. The van der Waals surface area contributed by atoms with E-state index in [1.807, 2.05) is 13.8 Å². The molecule has 2 N–H and O–H groups in total. The van der Waals surface area contributed by atoms with E-state index in [0.717, 1.165) is 5.56 Å². The molecule has 116 valence electrons. The highest BCUT2D eigenvalue weighted by Gasteiger charge is 2.23. The van der Waals surface area contributed by atoms with Gasteiger partial charge >= 0.3 is 0 Å². The van der Waals surface area contributed by atoms with Crippen LogP contribution in [0.4, 0.5) is 4.39 Å². The van der Waals surface area contributed by atoms with Crippen molar-refractivity contribution < 1.29 is 14.0 Å². The van der Waals surface area contributed by atoms with Crippen molar-refractivity contribution in [3.8, 4) is 0 Å². The standard InChI is InChI=1S/C16H23FN2O2/c1-11(2)15(13-5-7-14(17)8-6-13)16(21)19-10-4-9-18-12(3)20/h5-8,11,15H,4,9-10H2,1-3H3,(H,18,20)(H,19,21). The van der Waals surface area contributed by atoms with Gasteiger partial charge in [-0.2, -0.15) is 0 Å². The first kappa shape index (κ1) is 17.1. The third-order valence-electron chi connectivity index (χ3n) is 3.20. The molecule has 4 nitrogen and oxygen atoms in total. The highest BCUT2D eigenvalue weighted by molar-refractivity contribution is 5.83. The van der Waals surface area contributed by atoms with Crippen LogP contribution in [0.1, 0.15) is 38.7 Å². The predicted octanol–water partition coefficient (Wildman–Crippen LogP) is 2.21. The number of amides is 2. The van der Waals surface area contributed by atoms with Crippen LogP contribution in [0.15, 0.2) is 24.3 Å². The highest BCUT2D eigenvalue weighted by atomic mass is 19.1. The minimum absolute atomic E-state index is 0.0700. The highest BCUT2D eigenvalue weighted by Crippen LogP contribution is 2.24. The monoisotopic (exact) mass is 294 g/mol. The summed E-state index contributed by atoms with van der Waals surface area (Å²) < 4.78 is 13.0. The first-order valence-corrected chi connectivity index (χ1v) is 7.19. The zero-order valence-corrected chi connectivity index (χ0v) is 12.8. The normalized spacial score (nSPS) is 12.0. The summed E-state index contributed by atoms with van der Waals surface area (Å²) in [5.41, 5.74) is 0.811. The molecular formula is C16H23FN2O2. The molecule has 2 amide bonds. The van der Waals surface area contributed by atoms with Gasteiger partial charge in [-0.25, -0.2) is 4.39 Å². The van der Waals surface area contributed by atoms with Gasteiger partial charge in [0.2, 0.25) is 11.8 Å². The molecule has 0 radical (unpaired) electrons. The molecule has 1 aromatic rings. The number of carbonyl (C=O) groups excluding carboxylic acids is 2. The zero-order chi connectivity index (χ0) is 15.8. The van der Waals surface area contributed by atoms with Gasteiger partial charge in [0.1, 0.15) is 5.82 Å². The maximum absolute atomic E-state index is 13.0. The summed E-state index contributed by atoms with van der Waals surface area (Å²) >= 11 is 0. The van der Waals surface area contributed by atoms with Gasteiger partial charge in [-0.05, 0) is 30.0 Å². The van der Waals surface area contributed by atoms with E-state index in [1.54, 1.807) is 12.1 Å². The molecule has 0 saturated carbocycles. The molecule has 0 aliphatic heterocycles. The zero-order valence-electron chi connectivity index (χ0n) is 12.8. The fourth-order valence-corrected chi connectivity index (χ4v) is 2.18. The van der Waals surface area contributed by atoms with E-state index in [2.05, 4.69) is 10.6 Å². The Labute approximate surface area is 125 Å². The Morgan fingerprint density at radius 2 is 1.67 bits per heavy atom. The molecule has 0 aliphatic carbocycles. The van der Waals surface area contributed by atoms with E-state index in [1.165, 1.54) is 19.1 Å². The maximum atomic E-state index is 13.0. The molecule has 0 bridgehead atoms. The van der Waals surface area contributed by atoms with Crippen LogP contribution in [-0.4, -0.2) is 24.9 Å². The number of hydrogen-bond donors (Lipinski definition) is 2. The van der Waals surface area contributed by atoms with Crippen molar-refractivity contribution in [1.82, 2.24) is 10.6 Å². The minimum Gasteiger partial charge on any atom is -0.356 e. The van der Waals surface area contributed by atoms with Crippen LogP contribution in [0.25, 0.3) is 0 Å². The predicted molar refractivity (Wildman–Crippen MR) is 80.3 cm³/mol. The lowest BCUT2D eigenvalue weighted by Gasteiger charge is -2.20. The van der Waals surface area contributed by atoms with Gasteiger partial charge < -0.3 is 10.6 Å². The van der Waals surface area contributed by atoms with Gasteiger partial charge in [0.15, 0.2) is 0 Å². The van der Waals surface area contributed by atoms with Crippen LogP contribution in [-0.2, 0) is 9.59 Å². The summed E-state index contributed by atoms with van der Waals surface area (Å²) in [4.78, 5) is 23.0. The molecule has 5 heteroatoms. The van der Waals surface area contributed by atoms with E-state index in [9.17, 15) is 14.0 Å². The molecule has 0 saturated heterocycles. The summed E-state index contributed by atoms with van der Waals surface area (Å²) in [5, 5.41) is 5.54. The van der Waals surface area contributed by atoms with Crippen molar-refractivity contribution in [3.63, 3.8) is 0 Å². The molecule has 0 spiro atoms. The maximum Gasteiger partial charge on any atom is 0.227 e. The SMILES string of the molecule is CC(=O)NCCCNC(=O)C(c1ccc(F)cc1)C(C)C. The van der Waals surface area contributed by atoms with E-state index in [0.29, 0.717) is 19.5 Å². The van der Waals surface area contributed by atoms with E-state index in [-0.39, 0.29) is 29.5 Å². The number of benzene rings is 1. The number of nitrogens with one attached hydrogen (secondary N) is 2. The van der Waals surface area contributed by atoms with Gasteiger partial charge in [-0.1, -0.05) is 26.0 Å². The first-order chi connectivity index (χ1) is 9.91. The number of halogens is 1. The lowest BCUT2D eigenvalue weighted by molar-refractivity contribution is -0.123. The first-order valence-electron chi connectivity index (χ1n) is 7.19. The van der Waals surface area contributed by atoms with Crippen molar-refractivity contribution in [2.75, 3.05) is 13.1 Å². The quantitative estimate of drug-likeness (QED) is 0.758. The number of hydrogen-bond acceptors (Lipinski definition) is 2. The molecule has 21 heavy (non-hydrogen) atoms. The van der Waals surface area contributed by atoms with Crippen molar-refractivity contribution in [3.05, 3.63) is 35.6 Å². The van der Waals surface area contributed by atoms with Gasteiger partial charge in [0.05, 0.1) is 5.92 Å². The second kappa shape index (κ2) is 8.39. The average Bonchev–Trinajstić information content (AvgIpc) is 2.40. The largest absolute Gasteiger partial charge is 0.356 e. The summed E-state index contributed by atoms with van der Waals surface area (Å²) in [5.74, 6) is -0.638. The molecular weight excluding hydrogens is 271 g/mol. The van der Waals surface area contributed by atoms with Crippen LogP contribution >= 0.6 is 0 Å². The van der Waals surface area contributed by atoms with Crippen LogP contribution < -0.4 is 10.6 Å². The second-order valence-electron chi connectivity index (χ2n) is 5.40. The fraction of sp³-hybridized carbons (Fsp3) is 0.500. The fourth-order valence-electron chi connectivity index (χ4n) is 2.18. The molecule has 0 fully saturated rings. The Morgan fingerprint density at radius 1 is 1.10 bits per heavy atom. The van der Waals surface area contributed by atoms with E-state index in [4.69, 9.17) is 0 Å². The van der Waals surface area contributed by atoms with Crippen molar-refractivity contribution in [1.29, 1.82) is 0 Å². The Balaban J connectivity index is 2.54. The molecule has 0 aliphatic rings. The third-order valence-corrected chi connectivity index (χ3v) is 3.20. The topological polar surface area (TPSA) is 58.2 Å². The van der Waals surface area contributed by atoms with Crippen molar-refractivity contribution >= 4 is 11.8 Å². The van der Waals surface area contributed by atoms with Crippen molar-refractivity contribution in [2.45, 2.75) is 33.1 Å². The Morgan fingerprint density at radius 3 is 2.19 bits per heavy atom. The van der Waals surface area contributed by atoms with Crippen LogP contribution in [0.5, 0.6) is 0 Å². The molecule has 0 aromatic heterocycles. The molecule has 1 atom stereocenters. The van der Waals surface area contributed by atoms with E-state index < -0.39 is 0 Å². The van der Waals surface area contributed by atoms with Gasteiger partial charge in [0, 0.05) is 20.0 Å². The second-order valence-corrected chi connectivity index (χ2v) is 5.40. The molecule has 1 rings (SSSR count). The molecule has 0 heterocycles. The third kappa shape index (κ3) is 5.94. The summed E-state index contributed by atoms with van der Waals surface area (Å²) in [6.07, 6.45) is 0.680. The van der Waals surface area contributed by atoms with Gasteiger partial charge in [-0.15, -0.1) is 0 Å². The Kier molecular flexibility index (Phi) is 6.85. The van der Waals surface area contributed by atoms with Crippen LogP contribution in [0.2, 0.25) is 0 Å². The Bertz CT molecular complexity index is 472. The van der Waals surface area contributed by atoms with Gasteiger partial charge in [0.25, 0.3) is 0 Å². The summed E-state index contributed by atoms with van der Waals surface area (Å²) in [7, 11) is 0. The van der Waals surface area contributed by atoms with Crippen LogP contribution in [0.3, 0.4) is 0 Å². The Hall–Kier alpha value is -1.91. The average molecular weight is 294 g/mol. The van der Waals surface area contributed by atoms with Gasteiger partial charge in [-0.3, -0.25) is 9.59 Å². The molecule has 1 aromatic carbocycles. The summed E-state index contributed by atoms with van der Waals surface area (Å²) in [6.45, 7) is 6.43. The van der Waals surface area contributed by atoms with E-state index >= 15 is 0 Å². The van der Waals surface area contributed by atoms with Crippen molar-refractivity contribution in [2.24, 2.45) is 5.92 Å². The molecule has 1 unspecified atom stereocenters. The summed E-state index contributed by atoms with van der Waals surface area (Å²) in [6, 6.07) is 6.04. The minimum atomic E-state index is -0.308.